The molecule has 0 unspecified atom stereocenters. The molecule has 4 aromatic rings. The van der Waals surface area contributed by atoms with Gasteiger partial charge in [0.25, 0.3) is 0 Å². The Morgan fingerprint density at radius 1 is 0.939 bits per heavy atom. The summed E-state index contributed by atoms with van der Waals surface area (Å²) in [6.07, 6.45) is 8.26. The Morgan fingerprint density at radius 2 is 1.67 bits per heavy atom. The quantitative estimate of drug-likeness (QED) is 0.238. The summed E-state index contributed by atoms with van der Waals surface area (Å²) in [4.78, 5) is 0.802. The highest BCUT2D eigenvalue weighted by Crippen LogP contribution is 2.38. The Balaban J connectivity index is 1.66. The number of aryl methyl sites for hydroxylation is 2. The number of thiocarbonyl (C=S) groups is 1. The van der Waals surface area contributed by atoms with Gasteiger partial charge < -0.3 is 9.88 Å². The highest BCUT2D eigenvalue weighted by molar-refractivity contribution is 7.80. The number of hydrogen-bond donors (Lipinski definition) is 1. The van der Waals surface area contributed by atoms with Crippen molar-refractivity contribution in [1.29, 1.82) is 0 Å². The van der Waals surface area contributed by atoms with Crippen LogP contribution in [0.1, 0.15) is 56.7 Å². The third-order valence-electron chi connectivity index (χ3n) is 6.61. The van der Waals surface area contributed by atoms with Crippen molar-refractivity contribution in [3.05, 3.63) is 71.9 Å². The maximum atomic E-state index is 6.02. The molecule has 0 aliphatic carbocycles. The molecule has 2 aromatic carbocycles. The molecule has 0 radical (unpaired) electrons. The van der Waals surface area contributed by atoms with Gasteiger partial charge in [0.2, 0.25) is 0 Å². The normalized spacial score (nSPS) is 13.2. The fourth-order valence-corrected chi connectivity index (χ4v) is 5.29. The van der Waals surface area contributed by atoms with Crippen LogP contribution in [0.3, 0.4) is 0 Å². The van der Waals surface area contributed by atoms with Crippen LogP contribution in [0.2, 0.25) is 0 Å². The Bertz CT molecular complexity index is 1240. The Hall–Kier alpha value is -2.92. The van der Waals surface area contributed by atoms with E-state index < -0.39 is 0 Å². The van der Waals surface area contributed by atoms with Crippen molar-refractivity contribution in [3.63, 3.8) is 0 Å². The van der Waals surface area contributed by atoms with Crippen molar-refractivity contribution in [2.24, 2.45) is 0 Å². The highest BCUT2D eigenvalue weighted by atomic mass is 32.1. The predicted octanol–water partition coefficient (Wildman–Crippen LogP) is 6.65. The zero-order valence-corrected chi connectivity index (χ0v) is 20.2. The maximum absolute atomic E-state index is 6.02. The van der Waals surface area contributed by atoms with E-state index in [1.165, 1.54) is 48.0 Å². The molecule has 1 aliphatic rings. The van der Waals surface area contributed by atoms with Crippen molar-refractivity contribution in [1.82, 2.24) is 19.5 Å². The predicted molar refractivity (Wildman–Crippen MR) is 141 cm³/mol. The maximum Gasteiger partial charge on any atom is 0.162 e. The number of unbranched alkanes of at least 4 members (excludes halogenated alkanes) is 3. The van der Waals surface area contributed by atoms with E-state index in [2.05, 4.69) is 82.0 Å². The Morgan fingerprint density at radius 3 is 2.39 bits per heavy atom. The zero-order chi connectivity index (χ0) is 22.6. The first-order valence-corrected chi connectivity index (χ1v) is 12.7. The number of rotatable bonds is 8. The largest absolute Gasteiger partial charge is 0.374 e. The second kappa shape index (κ2) is 9.92. The standard InChI is InChI=1S/C28H32N4S/c1-2-3-4-12-19-29-27(33)25-24(21-14-7-5-8-15-21)23-18-11-13-20-31-26(30-32(25)28(23)31)22-16-9-6-10-17-22/h5-10,14-17H,2-4,11-13,18-20H2,1H3,(H,29,33). The topological polar surface area (TPSA) is 34.3 Å². The zero-order valence-electron chi connectivity index (χ0n) is 19.4. The molecule has 0 saturated heterocycles. The number of benzene rings is 2. The van der Waals surface area contributed by atoms with Crippen molar-refractivity contribution in [3.8, 4) is 22.5 Å². The van der Waals surface area contributed by atoms with Crippen LogP contribution in [0.25, 0.3) is 28.2 Å². The molecular formula is C28H32N4S. The third kappa shape index (κ3) is 4.22. The summed E-state index contributed by atoms with van der Waals surface area (Å²) in [5.74, 6) is 1.03. The van der Waals surface area contributed by atoms with Crippen LogP contribution in [-0.2, 0) is 13.0 Å². The smallest absolute Gasteiger partial charge is 0.162 e. The molecular weight excluding hydrogens is 424 g/mol. The molecule has 5 heteroatoms. The first-order valence-electron chi connectivity index (χ1n) is 12.3. The molecule has 170 valence electrons. The Kier molecular flexibility index (Phi) is 6.58. The number of hydrogen-bond acceptors (Lipinski definition) is 2. The van der Waals surface area contributed by atoms with E-state index in [1.54, 1.807) is 0 Å². The van der Waals surface area contributed by atoms with E-state index in [1.807, 2.05) is 0 Å². The van der Waals surface area contributed by atoms with Crippen LogP contribution >= 0.6 is 12.2 Å². The molecule has 0 spiro atoms. The summed E-state index contributed by atoms with van der Waals surface area (Å²) in [6.45, 7) is 4.13. The molecule has 5 rings (SSSR count). The summed E-state index contributed by atoms with van der Waals surface area (Å²) in [7, 11) is 0. The van der Waals surface area contributed by atoms with Crippen LogP contribution < -0.4 is 5.32 Å². The minimum absolute atomic E-state index is 0.802. The number of nitrogens with zero attached hydrogens (tertiary/aromatic N) is 3. The number of aromatic nitrogens is 3. The van der Waals surface area contributed by atoms with Gasteiger partial charge in [-0.15, -0.1) is 5.10 Å². The molecule has 4 nitrogen and oxygen atoms in total. The van der Waals surface area contributed by atoms with Gasteiger partial charge in [-0.2, -0.15) is 0 Å². The van der Waals surface area contributed by atoms with Crippen LogP contribution in [0.4, 0.5) is 0 Å². The lowest BCUT2D eigenvalue weighted by atomic mass is 9.98. The van der Waals surface area contributed by atoms with Gasteiger partial charge in [-0.1, -0.05) is 99.1 Å². The molecule has 0 saturated carbocycles. The van der Waals surface area contributed by atoms with Gasteiger partial charge >= 0.3 is 0 Å². The lowest BCUT2D eigenvalue weighted by Crippen LogP contribution is -2.25. The lowest BCUT2D eigenvalue weighted by Gasteiger charge is -2.11. The fraction of sp³-hybridized carbons (Fsp3) is 0.357. The Labute approximate surface area is 201 Å². The van der Waals surface area contributed by atoms with Crippen molar-refractivity contribution in [2.75, 3.05) is 6.54 Å². The van der Waals surface area contributed by atoms with E-state index in [0.29, 0.717) is 0 Å². The second-order valence-corrected chi connectivity index (χ2v) is 9.33. The molecule has 33 heavy (non-hydrogen) atoms. The van der Waals surface area contributed by atoms with Crippen molar-refractivity contribution in [2.45, 2.75) is 58.4 Å². The minimum atomic E-state index is 0.802. The van der Waals surface area contributed by atoms with Gasteiger partial charge in [0, 0.05) is 29.8 Å². The second-order valence-electron chi connectivity index (χ2n) is 8.92. The average Bonchev–Trinajstić information content (AvgIpc) is 3.28. The van der Waals surface area contributed by atoms with Crippen molar-refractivity contribution >= 4 is 22.9 Å². The van der Waals surface area contributed by atoms with Crippen LogP contribution in [0.5, 0.6) is 0 Å². The van der Waals surface area contributed by atoms with Gasteiger partial charge in [-0.05, 0) is 31.2 Å². The van der Waals surface area contributed by atoms with Gasteiger partial charge in [-0.25, -0.2) is 4.52 Å². The van der Waals surface area contributed by atoms with Crippen LogP contribution in [-0.4, -0.2) is 25.7 Å². The van der Waals surface area contributed by atoms with Gasteiger partial charge in [0.05, 0.1) is 0 Å². The first kappa shape index (κ1) is 21.9. The molecule has 0 amide bonds. The molecule has 0 fully saturated rings. The molecule has 1 aliphatic heterocycles. The summed E-state index contributed by atoms with van der Waals surface area (Å²) in [5.41, 5.74) is 7.24. The monoisotopic (exact) mass is 456 g/mol. The SMILES string of the molecule is CCCCCCNC(=S)c1c(-c2ccccc2)c2c3n(c(-c4ccccc4)nn13)CCCC2. The van der Waals surface area contributed by atoms with Crippen LogP contribution in [0, 0.1) is 0 Å². The van der Waals surface area contributed by atoms with Gasteiger partial charge in [-0.3, -0.25) is 0 Å². The summed E-state index contributed by atoms with van der Waals surface area (Å²) >= 11 is 6.02. The molecule has 3 heterocycles. The van der Waals surface area contributed by atoms with Gasteiger partial charge in [0.1, 0.15) is 16.3 Å². The van der Waals surface area contributed by atoms with Crippen molar-refractivity contribution < 1.29 is 0 Å². The van der Waals surface area contributed by atoms with E-state index in [-0.39, 0.29) is 0 Å². The summed E-state index contributed by atoms with van der Waals surface area (Å²) in [5, 5.41) is 8.74. The first-order chi connectivity index (χ1) is 16.3. The summed E-state index contributed by atoms with van der Waals surface area (Å²) in [6, 6.07) is 21.2. The summed E-state index contributed by atoms with van der Waals surface area (Å²) < 4.78 is 4.55. The molecule has 0 bridgehead atoms. The molecule has 1 N–H and O–H groups in total. The minimum Gasteiger partial charge on any atom is -0.374 e. The van der Waals surface area contributed by atoms with Crippen LogP contribution in [0.15, 0.2) is 60.7 Å². The lowest BCUT2D eigenvalue weighted by molar-refractivity contribution is 0.645. The average molecular weight is 457 g/mol. The van der Waals surface area contributed by atoms with E-state index in [4.69, 9.17) is 17.3 Å². The molecule has 2 aromatic heterocycles. The number of nitrogens with one attached hydrogen (secondary N) is 1. The molecule has 0 atom stereocenters. The van der Waals surface area contributed by atoms with E-state index >= 15 is 0 Å². The van der Waals surface area contributed by atoms with E-state index in [0.717, 1.165) is 54.4 Å². The fourth-order valence-electron chi connectivity index (χ4n) is 5.00. The third-order valence-corrected chi connectivity index (χ3v) is 6.95. The van der Waals surface area contributed by atoms with E-state index in [9.17, 15) is 0 Å². The van der Waals surface area contributed by atoms with Gasteiger partial charge in [0.15, 0.2) is 5.82 Å². The highest BCUT2D eigenvalue weighted by Gasteiger charge is 2.29.